The fourth-order valence-electron chi connectivity index (χ4n) is 0.945. The van der Waals surface area contributed by atoms with Gasteiger partial charge in [0.05, 0.1) is 5.56 Å². The highest BCUT2D eigenvalue weighted by atomic mass is 19.1. The number of hydrogen-bond donors (Lipinski definition) is 1. The maximum atomic E-state index is 12.9. The van der Waals surface area contributed by atoms with Crippen molar-refractivity contribution in [2.75, 3.05) is 0 Å². The van der Waals surface area contributed by atoms with E-state index in [2.05, 4.69) is 0 Å². The van der Waals surface area contributed by atoms with Crippen LogP contribution in [0.25, 0.3) is 0 Å². The third-order valence-corrected chi connectivity index (χ3v) is 1.52. The van der Waals surface area contributed by atoms with E-state index in [9.17, 15) is 14.1 Å². The van der Waals surface area contributed by atoms with Gasteiger partial charge in [-0.05, 0) is 6.07 Å². The van der Waals surface area contributed by atoms with Crippen molar-refractivity contribution >= 4 is 12.0 Å². The van der Waals surface area contributed by atoms with Crippen molar-refractivity contribution in [1.82, 2.24) is 0 Å². The molecule has 1 aromatic rings. The van der Waals surface area contributed by atoms with Crippen LogP contribution >= 0.6 is 0 Å². The van der Waals surface area contributed by atoms with Gasteiger partial charge in [-0.25, -0.2) is 4.39 Å². The van der Waals surface area contributed by atoms with E-state index >= 15 is 0 Å². The van der Waals surface area contributed by atoms with E-state index in [1.165, 1.54) is 18.2 Å². The van der Waals surface area contributed by atoms with E-state index < -0.39 is 5.82 Å². The van der Waals surface area contributed by atoms with Crippen molar-refractivity contribution in [3.63, 3.8) is 0 Å². The van der Waals surface area contributed by atoms with Gasteiger partial charge in [-0.1, -0.05) is 6.07 Å². The van der Waals surface area contributed by atoms with Crippen LogP contribution in [-0.4, -0.2) is 11.8 Å². The predicted molar refractivity (Wildman–Crippen MR) is 42.1 cm³/mol. The van der Waals surface area contributed by atoms with Gasteiger partial charge in [0.1, 0.15) is 12.1 Å². The number of halogens is 1. The van der Waals surface area contributed by atoms with E-state index in [-0.39, 0.29) is 23.1 Å². The van der Waals surface area contributed by atoms with Crippen LogP contribution < -0.4 is 5.18 Å². The van der Waals surface area contributed by atoms with Gasteiger partial charge in [0.25, 0.3) is 5.69 Å². The first-order chi connectivity index (χ1) is 5.79. The van der Waals surface area contributed by atoms with E-state index in [4.69, 9.17) is 0 Å². The zero-order valence-corrected chi connectivity index (χ0v) is 6.66. The van der Waals surface area contributed by atoms with E-state index in [1.54, 1.807) is 5.18 Å². The molecule has 0 aromatic heterocycles. The molecule has 0 saturated carbocycles. The number of carbonyl (C=O) groups is 1. The molecule has 4 nitrogen and oxygen atoms in total. The number of nitroso groups, excluding NO2 is 1. The quantitative estimate of drug-likeness (QED) is 0.666. The van der Waals surface area contributed by atoms with E-state index in [0.29, 0.717) is 6.29 Å². The highest BCUT2D eigenvalue weighted by Gasteiger charge is 2.12. The molecule has 0 aliphatic carbocycles. The standard InChI is InChI=1S/C8H6FNO2.H2O/c9-7-2-1-3-8(10-12)6(7)4-5-11;/h1-3,5H,4H2;1H2. The van der Waals surface area contributed by atoms with Crippen LogP contribution in [0.1, 0.15) is 5.56 Å². The average molecular weight is 185 g/mol. The normalized spacial score (nSPS) is 8.69. The number of nitrogens with one attached hydrogen (secondary N) is 1. The largest absolute Gasteiger partial charge is 0.870 e. The second kappa shape index (κ2) is 5.10. The molecule has 5 heteroatoms. The Morgan fingerprint density at radius 2 is 2.15 bits per heavy atom. The van der Waals surface area contributed by atoms with Crippen LogP contribution in [0.2, 0.25) is 0 Å². The van der Waals surface area contributed by atoms with E-state index in [1.807, 2.05) is 0 Å². The topological polar surface area (TPSA) is 78.1 Å². The molecule has 0 fully saturated rings. The Balaban J connectivity index is 0.00000144. The van der Waals surface area contributed by atoms with E-state index in [0.717, 1.165) is 0 Å². The molecule has 0 atom stereocenters. The number of hydrogen-bond acceptors (Lipinski definition) is 3. The second-order valence-electron chi connectivity index (χ2n) is 2.24. The van der Waals surface area contributed by atoms with Crippen molar-refractivity contribution in [2.24, 2.45) is 0 Å². The number of aldehydes is 1. The first kappa shape index (κ1) is 11.4. The van der Waals surface area contributed by atoms with Gasteiger partial charge in [-0.2, -0.15) is 0 Å². The van der Waals surface area contributed by atoms with Gasteiger partial charge in [-0.3, -0.25) is 0 Å². The first-order valence-corrected chi connectivity index (χ1v) is 3.38. The Labute approximate surface area is 73.7 Å². The number of carbonyl (C=O) groups excluding carboxylic acids is 1. The minimum absolute atomic E-state index is 0. The summed E-state index contributed by atoms with van der Waals surface area (Å²) in [4.78, 5) is 20.3. The summed E-state index contributed by atoms with van der Waals surface area (Å²) < 4.78 is 12.9. The average Bonchev–Trinajstić information content (AvgIpc) is 2.09. The molecule has 2 N–H and O–H groups in total. The number of benzene rings is 1. The summed E-state index contributed by atoms with van der Waals surface area (Å²) in [5.41, 5.74) is 0.226. The first-order valence-electron chi connectivity index (χ1n) is 3.38. The molecule has 1 rings (SSSR count). The second-order valence-corrected chi connectivity index (χ2v) is 2.24. The highest BCUT2D eigenvalue weighted by Crippen LogP contribution is 2.13. The lowest BCUT2D eigenvalue weighted by atomic mass is 10.1. The molecule has 0 heterocycles. The Hall–Kier alpha value is -1.62. The lowest BCUT2D eigenvalue weighted by molar-refractivity contribution is -0.380. The number of rotatable bonds is 3. The third kappa shape index (κ3) is 2.41. The Kier molecular flexibility index (Phi) is 4.47. The van der Waals surface area contributed by atoms with Crippen molar-refractivity contribution in [3.05, 3.63) is 34.5 Å². The minimum Gasteiger partial charge on any atom is -0.870 e. The summed E-state index contributed by atoms with van der Waals surface area (Å²) in [6, 6.07) is 4.04. The Morgan fingerprint density at radius 3 is 2.69 bits per heavy atom. The van der Waals surface area contributed by atoms with Gasteiger partial charge in [-0.15, -0.1) is 0 Å². The Morgan fingerprint density at radius 1 is 1.46 bits per heavy atom. The molecule has 0 unspecified atom stereocenters. The monoisotopic (exact) mass is 185 g/mol. The zero-order valence-electron chi connectivity index (χ0n) is 6.66. The van der Waals surface area contributed by atoms with Crippen LogP contribution in [0.4, 0.5) is 10.1 Å². The van der Waals surface area contributed by atoms with Crippen LogP contribution in [0.15, 0.2) is 18.2 Å². The zero-order chi connectivity index (χ0) is 8.97. The molecule has 0 spiro atoms. The van der Waals surface area contributed by atoms with Crippen molar-refractivity contribution in [1.29, 1.82) is 0 Å². The molecule has 0 aliphatic rings. The molecule has 0 saturated heterocycles. The molecule has 0 radical (unpaired) electrons. The molecule has 0 amide bonds. The molecule has 13 heavy (non-hydrogen) atoms. The van der Waals surface area contributed by atoms with Gasteiger partial charge >= 0.3 is 0 Å². The smallest absolute Gasteiger partial charge is 0.259 e. The fourth-order valence-corrected chi connectivity index (χ4v) is 0.945. The summed E-state index contributed by atoms with van der Waals surface area (Å²) in [7, 11) is 0. The van der Waals surface area contributed by atoms with Crippen LogP contribution in [0.3, 0.4) is 0 Å². The molecule has 1 aromatic carbocycles. The molecule has 70 valence electrons. The van der Waals surface area contributed by atoms with Crippen molar-refractivity contribution < 1.29 is 19.8 Å². The van der Waals surface area contributed by atoms with Gasteiger partial charge < -0.3 is 10.3 Å². The van der Waals surface area contributed by atoms with Crippen LogP contribution in [0, 0.1) is 10.7 Å². The lowest BCUT2D eigenvalue weighted by Crippen LogP contribution is -2.56. The predicted octanol–water partition coefficient (Wildman–Crippen LogP) is -0.131. The molecular formula is C8H8FNO3. The maximum Gasteiger partial charge on any atom is 0.259 e. The summed E-state index contributed by atoms with van der Waals surface area (Å²) >= 11 is 0. The summed E-state index contributed by atoms with van der Waals surface area (Å²) in [5, 5.41) is 1.57. The molecule has 0 bridgehead atoms. The molecular weight excluding hydrogens is 177 g/mol. The minimum atomic E-state index is -0.539. The van der Waals surface area contributed by atoms with Crippen LogP contribution in [-0.2, 0) is 11.2 Å². The van der Waals surface area contributed by atoms with Gasteiger partial charge in [0, 0.05) is 22.6 Å². The summed E-state index contributed by atoms with van der Waals surface area (Å²) in [6.07, 6.45) is 0.469. The van der Waals surface area contributed by atoms with Gasteiger partial charge in [0.2, 0.25) is 0 Å². The summed E-state index contributed by atoms with van der Waals surface area (Å²) in [6.45, 7) is 0. The van der Waals surface area contributed by atoms with Crippen LogP contribution in [0.5, 0.6) is 0 Å². The Bertz CT molecular complexity index is 314. The SMILES string of the molecule is O=CCc1c(F)cccc1[NH+]=O.[OH-]. The third-order valence-electron chi connectivity index (χ3n) is 1.52. The fraction of sp³-hybridized carbons (Fsp3) is 0.125. The van der Waals surface area contributed by atoms with Crippen molar-refractivity contribution in [2.45, 2.75) is 6.42 Å². The van der Waals surface area contributed by atoms with Crippen molar-refractivity contribution in [3.8, 4) is 0 Å². The maximum absolute atomic E-state index is 12.9. The van der Waals surface area contributed by atoms with Gasteiger partial charge in [0.15, 0.2) is 0 Å². The highest BCUT2D eigenvalue weighted by molar-refractivity contribution is 5.59. The molecule has 0 aliphatic heterocycles. The lowest BCUT2D eigenvalue weighted by Gasteiger charge is -1.94. The summed E-state index contributed by atoms with van der Waals surface area (Å²) in [5.74, 6) is -0.539.